The number of alkyl halides is 1. The number of nitrogens with zero attached hydrogens (tertiary/aromatic N) is 1. The van der Waals surface area contributed by atoms with Crippen LogP contribution in [0.1, 0.15) is 11.5 Å². The molecule has 0 amide bonds. The van der Waals surface area contributed by atoms with Gasteiger partial charge in [0.15, 0.2) is 0 Å². The lowest BCUT2D eigenvalue weighted by atomic mass is 10.0. The van der Waals surface area contributed by atoms with E-state index < -0.39 is 17.5 Å². The Kier molecular flexibility index (Phi) is 3.41. The Morgan fingerprint density at radius 3 is 2.71 bits per heavy atom. The number of nitro groups is 1. The fourth-order valence-electron chi connectivity index (χ4n) is 1.03. The predicted molar refractivity (Wildman–Crippen MR) is 52.2 cm³/mol. The molecule has 1 aromatic rings. The van der Waals surface area contributed by atoms with E-state index in [0.717, 1.165) is 0 Å². The Hall–Kier alpha value is -1.16. The van der Waals surface area contributed by atoms with E-state index in [1.807, 2.05) is 0 Å². The minimum absolute atomic E-state index is 0.144. The van der Waals surface area contributed by atoms with Gasteiger partial charge in [-0.15, -0.1) is 0 Å². The van der Waals surface area contributed by atoms with Crippen LogP contribution in [-0.4, -0.2) is 11.6 Å². The second kappa shape index (κ2) is 4.37. The second-order valence-electron chi connectivity index (χ2n) is 2.85. The lowest BCUT2D eigenvalue weighted by molar-refractivity contribution is -0.384. The number of hydrogen-bond donors (Lipinski definition) is 0. The van der Waals surface area contributed by atoms with E-state index in [9.17, 15) is 14.5 Å². The topological polar surface area (TPSA) is 43.1 Å². The van der Waals surface area contributed by atoms with Crippen molar-refractivity contribution in [1.82, 2.24) is 0 Å². The van der Waals surface area contributed by atoms with Crippen LogP contribution in [0.4, 0.5) is 10.1 Å². The van der Waals surface area contributed by atoms with Crippen molar-refractivity contribution in [2.45, 2.75) is 5.92 Å². The van der Waals surface area contributed by atoms with Crippen LogP contribution in [0.25, 0.3) is 0 Å². The highest BCUT2D eigenvalue weighted by atomic mass is 35.5. The third-order valence-corrected chi connectivity index (χ3v) is 1.99. The smallest absolute Gasteiger partial charge is 0.258 e. The van der Waals surface area contributed by atoms with Gasteiger partial charge in [0.25, 0.3) is 5.69 Å². The van der Waals surface area contributed by atoms with Crippen molar-refractivity contribution in [2.75, 3.05) is 6.67 Å². The molecule has 14 heavy (non-hydrogen) atoms. The normalized spacial score (nSPS) is 12.5. The molecule has 0 bridgehead atoms. The first kappa shape index (κ1) is 10.9. The largest absolute Gasteiger partial charge is 0.271 e. The van der Waals surface area contributed by atoms with Crippen LogP contribution >= 0.6 is 11.6 Å². The average molecular weight is 217 g/mol. The third-order valence-electron chi connectivity index (χ3n) is 1.77. The molecule has 0 aliphatic heterocycles. The predicted octanol–water partition coefficient (Wildman–Crippen LogP) is 3.14. The Bertz CT molecular complexity index is 357. The van der Waals surface area contributed by atoms with Gasteiger partial charge in [-0.1, -0.05) is 11.6 Å². The number of hydrogen-bond acceptors (Lipinski definition) is 2. The summed E-state index contributed by atoms with van der Waals surface area (Å²) in [5.41, 5.74) is 0.293. The Balaban J connectivity index is 3.13. The van der Waals surface area contributed by atoms with E-state index in [4.69, 9.17) is 11.6 Å². The molecule has 1 unspecified atom stereocenters. The molecule has 0 spiro atoms. The van der Waals surface area contributed by atoms with E-state index in [2.05, 4.69) is 6.92 Å². The van der Waals surface area contributed by atoms with Gasteiger partial charge in [-0.2, -0.15) is 0 Å². The molecule has 3 nitrogen and oxygen atoms in total. The first-order valence-electron chi connectivity index (χ1n) is 3.88. The highest BCUT2D eigenvalue weighted by Gasteiger charge is 2.12. The minimum atomic E-state index is -0.669. The number of nitro benzene ring substituents is 1. The molecule has 1 atom stereocenters. The summed E-state index contributed by atoms with van der Waals surface area (Å²) >= 11 is 5.64. The number of halogens is 2. The van der Waals surface area contributed by atoms with E-state index in [1.54, 1.807) is 0 Å². The summed E-state index contributed by atoms with van der Waals surface area (Å²) < 4.78 is 12.3. The number of benzene rings is 1. The molecule has 1 radical (unpaired) electrons. The summed E-state index contributed by atoms with van der Waals surface area (Å²) in [7, 11) is 0. The highest BCUT2D eigenvalue weighted by Crippen LogP contribution is 2.25. The van der Waals surface area contributed by atoms with Gasteiger partial charge in [0.2, 0.25) is 0 Å². The summed E-state index contributed by atoms with van der Waals surface area (Å²) in [6, 6.07) is 3.98. The van der Waals surface area contributed by atoms with Crippen LogP contribution in [0.3, 0.4) is 0 Å². The third kappa shape index (κ3) is 2.42. The first-order valence-corrected chi connectivity index (χ1v) is 4.26. The molecule has 0 saturated heterocycles. The van der Waals surface area contributed by atoms with Crippen molar-refractivity contribution in [1.29, 1.82) is 0 Å². The van der Waals surface area contributed by atoms with Gasteiger partial charge in [0.05, 0.1) is 11.6 Å². The molecule has 0 fully saturated rings. The van der Waals surface area contributed by atoms with Crippen LogP contribution in [0.15, 0.2) is 18.2 Å². The maximum atomic E-state index is 12.3. The lowest BCUT2D eigenvalue weighted by Gasteiger charge is -2.06. The molecule has 0 saturated carbocycles. The Labute approximate surface area is 85.6 Å². The number of rotatable bonds is 3. The van der Waals surface area contributed by atoms with E-state index in [1.165, 1.54) is 18.2 Å². The van der Waals surface area contributed by atoms with Crippen LogP contribution in [0.5, 0.6) is 0 Å². The first-order chi connectivity index (χ1) is 6.54. The Morgan fingerprint density at radius 2 is 2.21 bits per heavy atom. The average Bonchev–Trinajstić information content (AvgIpc) is 2.15. The zero-order valence-electron chi connectivity index (χ0n) is 7.24. The van der Waals surface area contributed by atoms with Gasteiger partial charge in [0.1, 0.15) is 0 Å². The zero-order chi connectivity index (χ0) is 10.7. The second-order valence-corrected chi connectivity index (χ2v) is 3.29. The minimum Gasteiger partial charge on any atom is -0.258 e. The van der Waals surface area contributed by atoms with Gasteiger partial charge in [-0.25, -0.2) is 0 Å². The molecular weight excluding hydrogens is 209 g/mol. The number of non-ortho nitro benzene ring substituents is 1. The quantitative estimate of drug-likeness (QED) is 0.576. The van der Waals surface area contributed by atoms with Crippen molar-refractivity contribution in [2.24, 2.45) is 0 Å². The SMILES string of the molecule is [CH2]C(CF)c1cc(Cl)cc([N+](=O)[O-])c1. The molecule has 75 valence electrons. The van der Waals surface area contributed by atoms with E-state index in [0.29, 0.717) is 5.56 Å². The highest BCUT2D eigenvalue weighted by molar-refractivity contribution is 6.30. The summed E-state index contributed by atoms with van der Waals surface area (Å²) in [4.78, 5) is 9.88. The van der Waals surface area contributed by atoms with Crippen LogP contribution in [-0.2, 0) is 0 Å². The van der Waals surface area contributed by atoms with Crippen molar-refractivity contribution in [3.05, 3.63) is 45.8 Å². The van der Waals surface area contributed by atoms with Gasteiger partial charge in [0, 0.05) is 23.1 Å². The van der Waals surface area contributed by atoms with Gasteiger partial charge >= 0.3 is 0 Å². The molecule has 1 aromatic carbocycles. The standard InChI is InChI=1S/C9H8ClFNO2/c1-6(5-11)7-2-8(10)4-9(3-7)12(13)14/h2-4,6H,1,5H2. The fourth-order valence-corrected chi connectivity index (χ4v) is 1.26. The fraction of sp³-hybridized carbons (Fsp3) is 0.222. The van der Waals surface area contributed by atoms with Crippen LogP contribution < -0.4 is 0 Å². The van der Waals surface area contributed by atoms with Gasteiger partial charge < -0.3 is 0 Å². The van der Waals surface area contributed by atoms with Crippen molar-refractivity contribution in [3.63, 3.8) is 0 Å². The van der Waals surface area contributed by atoms with E-state index in [-0.39, 0.29) is 10.7 Å². The zero-order valence-corrected chi connectivity index (χ0v) is 8.00. The molecule has 0 aliphatic rings. The van der Waals surface area contributed by atoms with Crippen LogP contribution in [0.2, 0.25) is 5.02 Å². The summed E-state index contributed by atoms with van der Waals surface area (Å²) in [6.45, 7) is 2.84. The molecule has 0 aliphatic carbocycles. The molecule has 5 heteroatoms. The molecule has 0 aromatic heterocycles. The molecular formula is C9H8ClFNO2. The monoisotopic (exact) mass is 216 g/mol. The molecule has 0 N–H and O–H groups in total. The van der Waals surface area contributed by atoms with Crippen molar-refractivity contribution < 1.29 is 9.31 Å². The maximum Gasteiger partial charge on any atom is 0.271 e. The molecule has 0 heterocycles. The van der Waals surface area contributed by atoms with Crippen LogP contribution in [0, 0.1) is 17.0 Å². The summed E-state index contributed by atoms with van der Waals surface area (Å²) in [6.07, 6.45) is 0. The van der Waals surface area contributed by atoms with Gasteiger partial charge in [-0.3, -0.25) is 14.5 Å². The lowest BCUT2D eigenvalue weighted by Crippen LogP contribution is -1.97. The maximum absolute atomic E-state index is 12.3. The molecule has 1 rings (SSSR count). The van der Waals surface area contributed by atoms with Crippen molar-refractivity contribution in [3.8, 4) is 0 Å². The Morgan fingerprint density at radius 1 is 1.57 bits per heavy atom. The van der Waals surface area contributed by atoms with E-state index >= 15 is 0 Å². The summed E-state index contributed by atoms with van der Waals surface area (Å²) in [5.74, 6) is -0.618. The van der Waals surface area contributed by atoms with Crippen molar-refractivity contribution >= 4 is 17.3 Å². The van der Waals surface area contributed by atoms with Gasteiger partial charge in [-0.05, 0) is 18.6 Å². The summed E-state index contributed by atoms with van der Waals surface area (Å²) in [5, 5.41) is 10.7.